The van der Waals surface area contributed by atoms with E-state index < -0.39 is 5.60 Å². The maximum atomic E-state index is 11.6. The SMILES string of the molecule is CCCn1ncnc1CC(=O)C(C)(C)O. The van der Waals surface area contributed by atoms with Crippen molar-refractivity contribution >= 4 is 5.78 Å². The van der Waals surface area contributed by atoms with Crippen LogP contribution in [0.2, 0.25) is 0 Å². The van der Waals surface area contributed by atoms with Crippen molar-refractivity contribution in [1.29, 1.82) is 0 Å². The average Bonchev–Trinajstić information content (AvgIpc) is 2.52. The van der Waals surface area contributed by atoms with E-state index in [0.717, 1.165) is 13.0 Å². The number of aliphatic hydroxyl groups is 1. The summed E-state index contributed by atoms with van der Waals surface area (Å²) in [5, 5.41) is 13.5. The van der Waals surface area contributed by atoms with Crippen molar-refractivity contribution in [2.24, 2.45) is 0 Å². The summed E-state index contributed by atoms with van der Waals surface area (Å²) >= 11 is 0. The Labute approximate surface area is 89.1 Å². The number of Topliss-reactive ketones (excluding diaryl/α,β-unsaturated/α-hetero) is 1. The minimum absolute atomic E-state index is 0.128. The second-order valence-corrected chi connectivity index (χ2v) is 4.06. The minimum atomic E-state index is -1.30. The highest BCUT2D eigenvalue weighted by molar-refractivity contribution is 5.87. The molecule has 15 heavy (non-hydrogen) atoms. The molecule has 0 bridgehead atoms. The molecule has 5 nitrogen and oxygen atoms in total. The van der Waals surface area contributed by atoms with Gasteiger partial charge in [0.2, 0.25) is 0 Å². The number of nitrogens with zero attached hydrogens (tertiary/aromatic N) is 3. The molecule has 0 aliphatic carbocycles. The molecule has 0 unspecified atom stereocenters. The van der Waals surface area contributed by atoms with Crippen molar-refractivity contribution in [1.82, 2.24) is 14.8 Å². The number of aryl methyl sites for hydroxylation is 1. The molecule has 1 aromatic heterocycles. The number of carbonyl (C=O) groups excluding carboxylic acids is 1. The van der Waals surface area contributed by atoms with Crippen LogP contribution in [0.1, 0.15) is 33.0 Å². The van der Waals surface area contributed by atoms with Gasteiger partial charge >= 0.3 is 0 Å². The van der Waals surface area contributed by atoms with Crippen LogP contribution in [-0.2, 0) is 17.8 Å². The molecule has 0 saturated carbocycles. The van der Waals surface area contributed by atoms with Gasteiger partial charge in [-0.1, -0.05) is 6.92 Å². The molecule has 0 atom stereocenters. The third kappa shape index (κ3) is 3.13. The maximum absolute atomic E-state index is 11.6. The van der Waals surface area contributed by atoms with E-state index >= 15 is 0 Å². The Hall–Kier alpha value is -1.23. The molecule has 84 valence electrons. The molecule has 0 aliphatic rings. The van der Waals surface area contributed by atoms with Gasteiger partial charge in [-0.2, -0.15) is 5.10 Å². The van der Waals surface area contributed by atoms with Crippen LogP contribution in [0.5, 0.6) is 0 Å². The summed E-state index contributed by atoms with van der Waals surface area (Å²) in [5.74, 6) is 0.372. The Balaban J connectivity index is 2.72. The molecule has 5 heteroatoms. The van der Waals surface area contributed by atoms with Crippen LogP contribution in [0.4, 0.5) is 0 Å². The van der Waals surface area contributed by atoms with Crippen LogP contribution in [0, 0.1) is 0 Å². The van der Waals surface area contributed by atoms with Gasteiger partial charge in [0, 0.05) is 6.54 Å². The van der Waals surface area contributed by atoms with Crippen molar-refractivity contribution in [2.75, 3.05) is 0 Å². The second kappa shape index (κ2) is 4.53. The van der Waals surface area contributed by atoms with Crippen molar-refractivity contribution < 1.29 is 9.90 Å². The van der Waals surface area contributed by atoms with Gasteiger partial charge in [0.15, 0.2) is 5.78 Å². The maximum Gasteiger partial charge on any atom is 0.171 e. The number of rotatable bonds is 5. The van der Waals surface area contributed by atoms with Gasteiger partial charge in [-0.05, 0) is 20.3 Å². The summed E-state index contributed by atoms with van der Waals surface area (Å²) in [4.78, 5) is 15.6. The fraction of sp³-hybridized carbons (Fsp3) is 0.700. The van der Waals surface area contributed by atoms with Crippen LogP contribution in [-0.4, -0.2) is 31.3 Å². The van der Waals surface area contributed by atoms with E-state index in [1.54, 1.807) is 4.68 Å². The normalized spacial score (nSPS) is 11.7. The highest BCUT2D eigenvalue weighted by atomic mass is 16.3. The monoisotopic (exact) mass is 211 g/mol. The Kier molecular flexibility index (Phi) is 3.57. The summed E-state index contributed by atoms with van der Waals surface area (Å²) in [6, 6.07) is 0. The summed E-state index contributed by atoms with van der Waals surface area (Å²) < 4.78 is 1.70. The number of ketones is 1. The topological polar surface area (TPSA) is 68.0 Å². The number of hydrogen-bond acceptors (Lipinski definition) is 4. The minimum Gasteiger partial charge on any atom is -0.383 e. The van der Waals surface area contributed by atoms with Gasteiger partial charge < -0.3 is 5.11 Å². The molecule has 0 radical (unpaired) electrons. The molecule has 0 fully saturated rings. The molecule has 0 spiro atoms. The lowest BCUT2D eigenvalue weighted by Gasteiger charge is -2.15. The molecule has 1 heterocycles. The zero-order chi connectivity index (χ0) is 11.5. The van der Waals surface area contributed by atoms with Gasteiger partial charge in [0.25, 0.3) is 0 Å². The zero-order valence-corrected chi connectivity index (χ0v) is 9.40. The van der Waals surface area contributed by atoms with Gasteiger partial charge in [-0.25, -0.2) is 9.67 Å². The van der Waals surface area contributed by atoms with E-state index in [0.29, 0.717) is 5.82 Å². The molecule has 1 N–H and O–H groups in total. The zero-order valence-electron chi connectivity index (χ0n) is 9.40. The van der Waals surface area contributed by atoms with Crippen LogP contribution in [0.25, 0.3) is 0 Å². The van der Waals surface area contributed by atoms with Gasteiger partial charge in [0.05, 0.1) is 6.42 Å². The Morgan fingerprint density at radius 1 is 1.60 bits per heavy atom. The quantitative estimate of drug-likeness (QED) is 0.773. The first kappa shape index (κ1) is 11.8. The third-order valence-corrected chi connectivity index (χ3v) is 2.13. The lowest BCUT2D eigenvalue weighted by molar-refractivity contribution is -0.133. The van der Waals surface area contributed by atoms with Crippen molar-refractivity contribution in [3.05, 3.63) is 12.2 Å². The summed E-state index contributed by atoms with van der Waals surface area (Å²) in [5.41, 5.74) is -1.30. The first-order valence-corrected chi connectivity index (χ1v) is 5.07. The lowest BCUT2D eigenvalue weighted by atomic mass is 10.0. The van der Waals surface area contributed by atoms with Crippen molar-refractivity contribution in [2.45, 2.75) is 45.8 Å². The van der Waals surface area contributed by atoms with Crippen molar-refractivity contribution in [3.63, 3.8) is 0 Å². The van der Waals surface area contributed by atoms with Crippen molar-refractivity contribution in [3.8, 4) is 0 Å². The standard InChI is InChI=1S/C10H17N3O2/c1-4-5-13-9(11-7-12-13)6-8(14)10(2,3)15/h7,15H,4-6H2,1-3H3. The van der Waals surface area contributed by atoms with Gasteiger partial charge in [0.1, 0.15) is 17.8 Å². The van der Waals surface area contributed by atoms with E-state index in [-0.39, 0.29) is 12.2 Å². The Morgan fingerprint density at radius 2 is 2.27 bits per heavy atom. The van der Waals surface area contributed by atoms with E-state index in [2.05, 4.69) is 10.1 Å². The largest absolute Gasteiger partial charge is 0.383 e. The second-order valence-electron chi connectivity index (χ2n) is 4.06. The van der Waals surface area contributed by atoms with Crippen LogP contribution < -0.4 is 0 Å². The highest BCUT2D eigenvalue weighted by Crippen LogP contribution is 2.07. The molecule has 1 aromatic rings. The fourth-order valence-corrected chi connectivity index (χ4v) is 1.18. The smallest absolute Gasteiger partial charge is 0.171 e. The summed E-state index contributed by atoms with van der Waals surface area (Å²) in [7, 11) is 0. The molecule has 0 amide bonds. The van der Waals surface area contributed by atoms with Crippen LogP contribution >= 0.6 is 0 Å². The van der Waals surface area contributed by atoms with Gasteiger partial charge in [-0.15, -0.1) is 0 Å². The molecule has 1 rings (SSSR count). The van der Waals surface area contributed by atoms with E-state index in [1.807, 2.05) is 6.92 Å². The lowest BCUT2D eigenvalue weighted by Crippen LogP contribution is -2.33. The van der Waals surface area contributed by atoms with Crippen LogP contribution in [0.3, 0.4) is 0 Å². The third-order valence-electron chi connectivity index (χ3n) is 2.13. The summed E-state index contributed by atoms with van der Waals surface area (Å²) in [6.45, 7) is 5.74. The summed E-state index contributed by atoms with van der Waals surface area (Å²) in [6.07, 6.45) is 2.50. The fourth-order valence-electron chi connectivity index (χ4n) is 1.18. The number of hydrogen-bond donors (Lipinski definition) is 1. The molecule has 0 saturated heterocycles. The Morgan fingerprint density at radius 3 is 2.80 bits per heavy atom. The van der Waals surface area contributed by atoms with E-state index in [1.165, 1.54) is 20.2 Å². The van der Waals surface area contributed by atoms with Gasteiger partial charge in [-0.3, -0.25) is 4.79 Å². The predicted molar refractivity (Wildman–Crippen MR) is 55.3 cm³/mol. The first-order chi connectivity index (χ1) is 6.95. The highest BCUT2D eigenvalue weighted by Gasteiger charge is 2.25. The number of aromatic nitrogens is 3. The van der Waals surface area contributed by atoms with E-state index in [4.69, 9.17) is 0 Å². The molecule has 0 aromatic carbocycles. The molecule has 0 aliphatic heterocycles. The van der Waals surface area contributed by atoms with E-state index in [9.17, 15) is 9.90 Å². The molecular formula is C10H17N3O2. The Bertz CT molecular complexity index is 339. The average molecular weight is 211 g/mol. The number of carbonyl (C=O) groups is 1. The predicted octanol–water partition coefficient (Wildman–Crippen LogP) is 0.571. The van der Waals surface area contributed by atoms with Crippen LogP contribution in [0.15, 0.2) is 6.33 Å². The molecular weight excluding hydrogens is 194 g/mol. The first-order valence-electron chi connectivity index (χ1n) is 5.07.